The van der Waals surface area contributed by atoms with Crippen LogP contribution in [0, 0.1) is 0 Å². The van der Waals surface area contributed by atoms with E-state index < -0.39 is 6.10 Å². The zero-order chi connectivity index (χ0) is 19.8. The molecular formula is C21H27NO5. The van der Waals surface area contributed by atoms with Gasteiger partial charge in [-0.3, -0.25) is 4.79 Å². The van der Waals surface area contributed by atoms with Gasteiger partial charge in [0.1, 0.15) is 23.0 Å². The molecule has 2 unspecified atom stereocenters. The Hall–Kier alpha value is -2.89. The summed E-state index contributed by atoms with van der Waals surface area (Å²) in [6.07, 6.45) is -0.0581. The lowest BCUT2D eigenvalue weighted by atomic mass is 10.1. The minimum absolute atomic E-state index is 0.189. The van der Waals surface area contributed by atoms with E-state index in [9.17, 15) is 4.79 Å². The van der Waals surface area contributed by atoms with Gasteiger partial charge in [-0.1, -0.05) is 6.92 Å². The fourth-order valence-electron chi connectivity index (χ4n) is 2.70. The third-order valence-corrected chi connectivity index (χ3v) is 4.26. The van der Waals surface area contributed by atoms with Crippen LogP contribution in [0.1, 0.15) is 31.9 Å². The van der Waals surface area contributed by atoms with Crippen LogP contribution in [0.2, 0.25) is 0 Å². The van der Waals surface area contributed by atoms with Crippen molar-refractivity contribution in [3.8, 4) is 23.0 Å². The highest BCUT2D eigenvalue weighted by molar-refractivity contribution is 5.81. The van der Waals surface area contributed by atoms with E-state index in [0.717, 1.165) is 11.3 Å². The lowest BCUT2D eigenvalue weighted by molar-refractivity contribution is -0.128. The number of carbonyl (C=O) groups excluding carboxylic acids is 1. The molecule has 1 amide bonds. The van der Waals surface area contributed by atoms with Gasteiger partial charge in [0.15, 0.2) is 6.10 Å². The van der Waals surface area contributed by atoms with Crippen molar-refractivity contribution in [3.05, 3.63) is 48.0 Å². The Kier molecular flexibility index (Phi) is 7.34. The standard InChI is InChI=1S/C21H27NO5/c1-6-19(27-16-9-7-15(24-3)8-10-16)21(23)22-14(2)18-13-17(25-4)11-12-20(18)26-5/h7-14,19H,6H2,1-5H3,(H,22,23). The molecule has 2 aromatic carbocycles. The molecule has 6 heteroatoms. The van der Waals surface area contributed by atoms with Gasteiger partial charge in [0.2, 0.25) is 0 Å². The molecule has 0 heterocycles. The van der Waals surface area contributed by atoms with Gasteiger partial charge in [0.05, 0.1) is 27.4 Å². The summed E-state index contributed by atoms with van der Waals surface area (Å²) >= 11 is 0. The molecule has 6 nitrogen and oxygen atoms in total. The van der Waals surface area contributed by atoms with Crippen LogP contribution in [0.4, 0.5) is 0 Å². The number of rotatable bonds is 9. The largest absolute Gasteiger partial charge is 0.497 e. The summed E-state index contributed by atoms with van der Waals surface area (Å²) in [5, 5.41) is 2.99. The Morgan fingerprint density at radius 3 is 2.07 bits per heavy atom. The molecule has 0 saturated heterocycles. The Morgan fingerprint density at radius 1 is 0.926 bits per heavy atom. The number of hydrogen-bond acceptors (Lipinski definition) is 5. The zero-order valence-electron chi connectivity index (χ0n) is 16.4. The van der Waals surface area contributed by atoms with Gasteiger partial charge in [-0.05, 0) is 55.8 Å². The second kappa shape index (κ2) is 9.71. The van der Waals surface area contributed by atoms with Crippen molar-refractivity contribution in [2.45, 2.75) is 32.4 Å². The van der Waals surface area contributed by atoms with Crippen LogP contribution in [0.3, 0.4) is 0 Å². The van der Waals surface area contributed by atoms with Gasteiger partial charge in [0, 0.05) is 5.56 Å². The van der Waals surface area contributed by atoms with Gasteiger partial charge in [-0.15, -0.1) is 0 Å². The maximum atomic E-state index is 12.7. The normalized spacial score (nSPS) is 12.6. The number of ether oxygens (including phenoxy) is 4. The molecular weight excluding hydrogens is 346 g/mol. The first kappa shape index (κ1) is 20.4. The minimum Gasteiger partial charge on any atom is -0.497 e. The maximum Gasteiger partial charge on any atom is 0.261 e. The smallest absolute Gasteiger partial charge is 0.261 e. The first-order valence-electron chi connectivity index (χ1n) is 8.85. The predicted octanol–water partition coefficient (Wildman–Crippen LogP) is 3.75. The van der Waals surface area contributed by atoms with E-state index in [1.165, 1.54) is 0 Å². The number of carbonyl (C=O) groups is 1. The van der Waals surface area contributed by atoms with Crippen molar-refractivity contribution in [3.63, 3.8) is 0 Å². The Labute approximate surface area is 160 Å². The van der Waals surface area contributed by atoms with Crippen molar-refractivity contribution < 1.29 is 23.7 Å². The fraction of sp³-hybridized carbons (Fsp3) is 0.381. The van der Waals surface area contributed by atoms with Crippen LogP contribution in [0.15, 0.2) is 42.5 Å². The Morgan fingerprint density at radius 2 is 1.52 bits per heavy atom. The molecule has 0 fully saturated rings. The minimum atomic E-state index is -0.600. The third-order valence-electron chi connectivity index (χ3n) is 4.26. The molecule has 0 aromatic heterocycles. The summed E-state index contributed by atoms with van der Waals surface area (Å²) < 4.78 is 21.6. The molecule has 0 aliphatic carbocycles. The fourth-order valence-corrected chi connectivity index (χ4v) is 2.70. The molecule has 0 aliphatic rings. The highest BCUT2D eigenvalue weighted by atomic mass is 16.5. The SMILES string of the molecule is CCC(Oc1ccc(OC)cc1)C(=O)NC(C)c1cc(OC)ccc1OC. The van der Waals surface area contributed by atoms with Gasteiger partial charge < -0.3 is 24.3 Å². The molecule has 146 valence electrons. The molecule has 0 radical (unpaired) electrons. The van der Waals surface area contributed by atoms with E-state index in [4.69, 9.17) is 18.9 Å². The summed E-state index contributed by atoms with van der Waals surface area (Å²) in [5.74, 6) is 2.55. The number of methoxy groups -OCH3 is 3. The monoisotopic (exact) mass is 373 g/mol. The van der Waals surface area contributed by atoms with Gasteiger partial charge in [-0.25, -0.2) is 0 Å². The summed E-state index contributed by atoms with van der Waals surface area (Å²) in [6.45, 7) is 3.81. The topological polar surface area (TPSA) is 66.0 Å². The van der Waals surface area contributed by atoms with Crippen molar-refractivity contribution in [2.24, 2.45) is 0 Å². The summed E-state index contributed by atoms with van der Waals surface area (Å²) in [6, 6.07) is 12.4. The number of amides is 1. The summed E-state index contributed by atoms with van der Waals surface area (Å²) in [4.78, 5) is 12.7. The molecule has 2 atom stereocenters. The molecule has 1 N–H and O–H groups in total. The summed E-state index contributed by atoms with van der Waals surface area (Å²) in [7, 11) is 4.80. The van der Waals surface area contributed by atoms with Crippen LogP contribution in [-0.2, 0) is 4.79 Å². The predicted molar refractivity (Wildman–Crippen MR) is 104 cm³/mol. The Balaban J connectivity index is 2.08. The molecule has 2 aromatic rings. The second-order valence-corrected chi connectivity index (χ2v) is 6.03. The van der Waals surface area contributed by atoms with Crippen LogP contribution < -0.4 is 24.3 Å². The van der Waals surface area contributed by atoms with Gasteiger partial charge in [0.25, 0.3) is 5.91 Å². The van der Waals surface area contributed by atoms with E-state index in [1.807, 2.05) is 32.0 Å². The van der Waals surface area contributed by atoms with Crippen molar-refractivity contribution >= 4 is 5.91 Å². The molecule has 0 saturated carbocycles. The van der Waals surface area contributed by atoms with Crippen LogP contribution in [-0.4, -0.2) is 33.3 Å². The van der Waals surface area contributed by atoms with Crippen LogP contribution >= 0.6 is 0 Å². The van der Waals surface area contributed by atoms with E-state index >= 15 is 0 Å². The first-order valence-corrected chi connectivity index (χ1v) is 8.85. The van der Waals surface area contributed by atoms with Crippen molar-refractivity contribution in [1.29, 1.82) is 0 Å². The quantitative estimate of drug-likeness (QED) is 0.725. The van der Waals surface area contributed by atoms with Crippen molar-refractivity contribution in [1.82, 2.24) is 5.32 Å². The number of nitrogens with one attached hydrogen (secondary N) is 1. The highest BCUT2D eigenvalue weighted by Gasteiger charge is 2.22. The number of benzene rings is 2. The van der Waals surface area contributed by atoms with Gasteiger partial charge >= 0.3 is 0 Å². The van der Waals surface area contributed by atoms with Crippen LogP contribution in [0.5, 0.6) is 23.0 Å². The second-order valence-electron chi connectivity index (χ2n) is 6.03. The van der Waals surface area contributed by atoms with Crippen molar-refractivity contribution in [2.75, 3.05) is 21.3 Å². The van der Waals surface area contributed by atoms with Gasteiger partial charge in [-0.2, -0.15) is 0 Å². The van der Waals surface area contributed by atoms with E-state index in [-0.39, 0.29) is 11.9 Å². The van der Waals surface area contributed by atoms with Crippen LogP contribution in [0.25, 0.3) is 0 Å². The highest BCUT2D eigenvalue weighted by Crippen LogP contribution is 2.29. The summed E-state index contributed by atoms with van der Waals surface area (Å²) in [5.41, 5.74) is 0.838. The molecule has 0 spiro atoms. The third kappa shape index (κ3) is 5.29. The molecule has 0 aliphatic heterocycles. The zero-order valence-corrected chi connectivity index (χ0v) is 16.4. The lowest BCUT2D eigenvalue weighted by Crippen LogP contribution is -2.39. The molecule has 0 bridgehead atoms. The van der Waals surface area contributed by atoms with E-state index in [2.05, 4.69) is 5.32 Å². The maximum absolute atomic E-state index is 12.7. The van der Waals surface area contributed by atoms with E-state index in [0.29, 0.717) is 23.7 Å². The average Bonchev–Trinajstić information content (AvgIpc) is 2.71. The number of hydrogen-bond donors (Lipinski definition) is 1. The first-order chi connectivity index (χ1) is 13.0. The molecule has 27 heavy (non-hydrogen) atoms. The molecule has 2 rings (SSSR count). The van der Waals surface area contributed by atoms with E-state index in [1.54, 1.807) is 45.6 Å². The average molecular weight is 373 g/mol. The Bertz CT molecular complexity index is 745. The lowest BCUT2D eigenvalue weighted by Gasteiger charge is -2.22.